The number of rotatable bonds is 22. The first-order chi connectivity index (χ1) is 13.8. The lowest BCUT2D eigenvalue weighted by Crippen LogP contribution is -2.34. The highest BCUT2D eigenvalue weighted by atomic mass is 32.2. The maximum absolute atomic E-state index is 11.0. The van der Waals surface area contributed by atoms with Crippen LogP contribution in [0.3, 0.4) is 0 Å². The van der Waals surface area contributed by atoms with Gasteiger partial charge in [-0.1, -0.05) is 129 Å². The van der Waals surface area contributed by atoms with Gasteiger partial charge >= 0.3 is 0 Å². The maximum Gasteiger partial charge on any atom is 0.294 e. The topological polar surface area (TPSA) is 74.6 Å². The van der Waals surface area contributed by atoms with Crippen LogP contribution in [-0.2, 0) is 10.1 Å². The average molecular weight is 435 g/mol. The van der Waals surface area contributed by atoms with Gasteiger partial charge in [-0.15, -0.1) is 0 Å². The van der Waals surface area contributed by atoms with E-state index in [-0.39, 0.29) is 6.42 Å². The van der Waals surface area contributed by atoms with Crippen molar-refractivity contribution < 1.29 is 18.1 Å². The van der Waals surface area contributed by atoms with Crippen molar-refractivity contribution in [3.8, 4) is 0 Å². The summed E-state index contributed by atoms with van der Waals surface area (Å²) in [6.07, 6.45) is 26.0. The van der Waals surface area contributed by atoms with Crippen LogP contribution in [0.5, 0.6) is 0 Å². The molecule has 0 saturated heterocycles. The van der Waals surface area contributed by atoms with Crippen LogP contribution in [0.1, 0.15) is 149 Å². The lowest BCUT2D eigenvalue weighted by Gasteiger charge is -2.19. The predicted molar refractivity (Wildman–Crippen MR) is 125 cm³/mol. The molecule has 0 radical (unpaired) electrons. The molecule has 0 aliphatic carbocycles. The van der Waals surface area contributed by atoms with E-state index in [9.17, 15) is 13.5 Å². The Morgan fingerprint density at radius 3 is 1.03 bits per heavy atom. The molecular formula is C24H50O4S. The van der Waals surface area contributed by atoms with Gasteiger partial charge in [0.05, 0.1) is 0 Å². The molecule has 0 bridgehead atoms. The fourth-order valence-corrected chi connectivity index (χ4v) is 4.24. The van der Waals surface area contributed by atoms with E-state index in [0.29, 0.717) is 6.42 Å². The largest absolute Gasteiger partial charge is 0.373 e. The summed E-state index contributed by atoms with van der Waals surface area (Å²) in [6, 6.07) is 0. The summed E-state index contributed by atoms with van der Waals surface area (Å²) in [5, 5.41) is 9.66. The molecule has 0 aromatic heterocycles. The molecular weight excluding hydrogens is 384 g/mol. The molecule has 176 valence electrons. The van der Waals surface area contributed by atoms with Crippen LogP contribution in [0.15, 0.2) is 0 Å². The monoisotopic (exact) mass is 434 g/mol. The van der Waals surface area contributed by atoms with E-state index in [1.54, 1.807) is 0 Å². The minimum absolute atomic E-state index is 0.102. The molecule has 0 fully saturated rings. The summed E-state index contributed by atoms with van der Waals surface area (Å²) < 4.78 is 30.9. The molecule has 5 heteroatoms. The Hall–Kier alpha value is -0.130. The van der Waals surface area contributed by atoms with Gasteiger partial charge in [0.1, 0.15) is 0 Å². The van der Waals surface area contributed by atoms with E-state index in [4.69, 9.17) is 4.55 Å². The van der Waals surface area contributed by atoms with E-state index in [2.05, 4.69) is 6.92 Å². The van der Waals surface area contributed by atoms with Crippen molar-refractivity contribution in [1.29, 1.82) is 0 Å². The Morgan fingerprint density at radius 1 is 0.552 bits per heavy atom. The van der Waals surface area contributed by atoms with Crippen molar-refractivity contribution in [2.75, 3.05) is 0 Å². The Kier molecular flexibility index (Phi) is 18.5. The summed E-state index contributed by atoms with van der Waals surface area (Å²) in [5.74, 6) is 0. The van der Waals surface area contributed by atoms with Crippen LogP contribution < -0.4 is 0 Å². The second-order valence-corrected chi connectivity index (χ2v) is 10.9. The van der Waals surface area contributed by atoms with Crippen molar-refractivity contribution >= 4 is 10.1 Å². The zero-order valence-corrected chi connectivity index (χ0v) is 20.3. The Balaban J connectivity index is 3.19. The van der Waals surface area contributed by atoms with Crippen LogP contribution in [0.2, 0.25) is 0 Å². The Labute approximate surface area is 182 Å². The number of hydrogen-bond acceptors (Lipinski definition) is 3. The molecule has 0 aliphatic heterocycles. The van der Waals surface area contributed by atoms with E-state index in [0.717, 1.165) is 19.8 Å². The van der Waals surface area contributed by atoms with Crippen LogP contribution in [-0.4, -0.2) is 23.0 Å². The lowest BCUT2D eigenvalue weighted by molar-refractivity contribution is 0.119. The molecule has 2 N–H and O–H groups in total. The van der Waals surface area contributed by atoms with Gasteiger partial charge in [0.15, 0.2) is 4.93 Å². The third kappa shape index (κ3) is 18.4. The van der Waals surface area contributed by atoms with Crippen LogP contribution >= 0.6 is 0 Å². The molecule has 0 heterocycles. The van der Waals surface area contributed by atoms with E-state index in [1.807, 2.05) is 0 Å². The first-order valence-electron chi connectivity index (χ1n) is 12.5. The molecule has 0 aliphatic rings. The fraction of sp³-hybridized carbons (Fsp3) is 1.00. The van der Waals surface area contributed by atoms with Gasteiger partial charge in [0.25, 0.3) is 10.1 Å². The molecule has 4 nitrogen and oxygen atoms in total. The van der Waals surface area contributed by atoms with Gasteiger partial charge in [0.2, 0.25) is 0 Å². The van der Waals surface area contributed by atoms with Crippen molar-refractivity contribution in [1.82, 2.24) is 0 Å². The molecule has 0 spiro atoms. The number of hydrogen-bond donors (Lipinski definition) is 2. The standard InChI is InChI=1S/C24H50O4S/c1-3-4-5-6-7-8-9-10-11-12-13-14-15-16-17-18-19-20-21-22-23-24(2,25)29(26,27)28/h25H,3-23H2,1-2H3,(H,26,27,28). The van der Waals surface area contributed by atoms with Gasteiger partial charge < -0.3 is 5.11 Å². The average Bonchev–Trinajstić information content (AvgIpc) is 2.65. The van der Waals surface area contributed by atoms with Crippen molar-refractivity contribution in [2.24, 2.45) is 0 Å². The van der Waals surface area contributed by atoms with Crippen LogP contribution in [0.25, 0.3) is 0 Å². The molecule has 0 saturated carbocycles. The zero-order chi connectivity index (χ0) is 21.8. The zero-order valence-electron chi connectivity index (χ0n) is 19.5. The summed E-state index contributed by atoms with van der Waals surface area (Å²) in [4.78, 5) is -2.00. The normalized spacial score (nSPS) is 14.2. The minimum Gasteiger partial charge on any atom is -0.373 e. The van der Waals surface area contributed by atoms with E-state index in [1.165, 1.54) is 109 Å². The maximum atomic E-state index is 11.0. The van der Waals surface area contributed by atoms with Crippen molar-refractivity contribution in [3.63, 3.8) is 0 Å². The highest BCUT2D eigenvalue weighted by Crippen LogP contribution is 2.21. The summed E-state index contributed by atoms with van der Waals surface area (Å²) >= 11 is 0. The molecule has 1 atom stereocenters. The third-order valence-electron chi connectivity index (χ3n) is 6.05. The Morgan fingerprint density at radius 2 is 0.793 bits per heavy atom. The van der Waals surface area contributed by atoms with Gasteiger partial charge in [0, 0.05) is 0 Å². The van der Waals surface area contributed by atoms with Crippen LogP contribution in [0.4, 0.5) is 0 Å². The summed E-state index contributed by atoms with van der Waals surface area (Å²) in [5.41, 5.74) is 0. The number of unbranched alkanes of at least 4 members (excludes halogenated alkanes) is 19. The minimum atomic E-state index is -4.37. The second kappa shape index (κ2) is 18.6. The SMILES string of the molecule is CCCCCCCCCCCCCCCCCCCCCCC(C)(O)S(=O)(=O)O. The fourth-order valence-electron chi connectivity index (χ4n) is 3.84. The predicted octanol–water partition coefficient (Wildman–Crippen LogP) is 7.79. The highest BCUT2D eigenvalue weighted by Gasteiger charge is 2.34. The smallest absolute Gasteiger partial charge is 0.294 e. The van der Waals surface area contributed by atoms with Gasteiger partial charge in [-0.2, -0.15) is 8.42 Å². The number of aliphatic hydroxyl groups is 1. The molecule has 0 aromatic rings. The first kappa shape index (κ1) is 28.9. The van der Waals surface area contributed by atoms with E-state index < -0.39 is 15.1 Å². The molecule has 0 aromatic carbocycles. The second-order valence-electron chi connectivity index (χ2n) is 9.12. The summed E-state index contributed by atoms with van der Waals surface area (Å²) in [7, 11) is -4.37. The molecule has 1 unspecified atom stereocenters. The van der Waals surface area contributed by atoms with Gasteiger partial charge in [-0.25, -0.2) is 0 Å². The lowest BCUT2D eigenvalue weighted by atomic mass is 10.0. The quantitative estimate of drug-likeness (QED) is 0.135. The molecule has 29 heavy (non-hydrogen) atoms. The first-order valence-corrected chi connectivity index (χ1v) is 13.9. The third-order valence-corrected chi connectivity index (χ3v) is 7.37. The molecule has 0 amide bonds. The van der Waals surface area contributed by atoms with Crippen molar-refractivity contribution in [2.45, 2.75) is 154 Å². The highest BCUT2D eigenvalue weighted by molar-refractivity contribution is 7.87. The van der Waals surface area contributed by atoms with Gasteiger partial charge in [-0.3, -0.25) is 4.55 Å². The van der Waals surface area contributed by atoms with Crippen LogP contribution in [0, 0.1) is 0 Å². The Bertz CT molecular complexity index is 446. The molecule has 0 rings (SSSR count). The summed E-state index contributed by atoms with van der Waals surface area (Å²) in [6.45, 7) is 3.44. The van der Waals surface area contributed by atoms with E-state index >= 15 is 0 Å². The van der Waals surface area contributed by atoms with Crippen molar-refractivity contribution in [3.05, 3.63) is 0 Å². The van der Waals surface area contributed by atoms with Gasteiger partial charge in [-0.05, 0) is 19.8 Å².